The van der Waals surface area contributed by atoms with Crippen LogP contribution in [0.3, 0.4) is 0 Å². The number of nitrogens with one attached hydrogen (secondary N) is 1. The summed E-state index contributed by atoms with van der Waals surface area (Å²) in [5, 5.41) is 2.03. The first-order valence-corrected chi connectivity index (χ1v) is 8.30. The number of methoxy groups -OCH3 is 1. The van der Waals surface area contributed by atoms with E-state index in [0.29, 0.717) is 11.3 Å². The van der Waals surface area contributed by atoms with Gasteiger partial charge in [0.15, 0.2) is 0 Å². The van der Waals surface area contributed by atoms with E-state index in [0.717, 1.165) is 0 Å². The Hall–Kier alpha value is -2.46. The van der Waals surface area contributed by atoms with Gasteiger partial charge in [0.2, 0.25) is 5.54 Å². The third kappa shape index (κ3) is 4.17. The van der Waals surface area contributed by atoms with Crippen LogP contribution in [0.4, 0.5) is 26.3 Å². The molecule has 0 radical (unpaired) electrons. The highest BCUT2D eigenvalue weighted by atomic mass is 19.4. The van der Waals surface area contributed by atoms with Gasteiger partial charge in [0.25, 0.3) is 5.91 Å². The molecule has 1 fully saturated rings. The number of likely N-dealkylation sites (tertiary alicyclic amines) is 1. The predicted octanol–water partition coefficient (Wildman–Crippen LogP) is 3.19. The van der Waals surface area contributed by atoms with Gasteiger partial charge in [-0.1, -0.05) is 12.1 Å². The van der Waals surface area contributed by atoms with Crippen molar-refractivity contribution in [2.45, 2.75) is 43.7 Å². The molecule has 156 valence electrons. The molecule has 0 spiro atoms. The fourth-order valence-electron chi connectivity index (χ4n) is 3.14. The molecule has 0 aliphatic carbocycles. The lowest BCUT2D eigenvalue weighted by atomic mass is 9.84. The van der Waals surface area contributed by atoms with Gasteiger partial charge in [-0.2, -0.15) is 26.3 Å². The van der Waals surface area contributed by atoms with Gasteiger partial charge in [-0.15, -0.1) is 0 Å². The van der Waals surface area contributed by atoms with Gasteiger partial charge in [0, 0.05) is 13.1 Å². The van der Waals surface area contributed by atoms with Crippen LogP contribution in [0.15, 0.2) is 24.3 Å². The SMILES string of the molecule is COc1ccc(CNC(=O)C2(C(F)(F)F)CCCCN2C(=O)C(F)(F)F)cc1. The third-order valence-electron chi connectivity index (χ3n) is 4.58. The van der Waals surface area contributed by atoms with Crippen LogP contribution in [0.5, 0.6) is 5.75 Å². The number of hydrogen-bond acceptors (Lipinski definition) is 3. The van der Waals surface area contributed by atoms with Crippen LogP contribution in [0.1, 0.15) is 24.8 Å². The van der Waals surface area contributed by atoms with E-state index in [1.807, 2.05) is 5.32 Å². The number of rotatable bonds is 4. The molecule has 1 aliphatic heterocycles. The van der Waals surface area contributed by atoms with Crippen molar-refractivity contribution in [3.8, 4) is 5.75 Å². The number of hydrogen-bond donors (Lipinski definition) is 1. The minimum Gasteiger partial charge on any atom is -0.497 e. The number of piperidine rings is 1. The van der Waals surface area contributed by atoms with E-state index < -0.39 is 42.7 Å². The molecule has 1 aliphatic rings. The van der Waals surface area contributed by atoms with Gasteiger partial charge in [0.05, 0.1) is 7.11 Å². The molecule has 1 unspecified atom stereocenters. The zero-order valence-corrected chi connectivity index (χ0v) is 14.8. The lowest BCUT2D eigenvalue weighted by molar-refractivity contribution is -0.248. The smallest absolute Gasteiger partial charge is 0.471 e. The fraction of sp³-hybridized carbons (Fsp3) is 0.529. The number of benzene rings is 1. The largest absolute Gasteiger partial charge is 0.497 e. The maximum absolute atomic E-state index is 13.8. The van der Waals surface area contributed by atoms with Crippen LogP contribution < -0.4 is 10.1 Å². The first kappa shape index (κ1) is 21.8. The van der Waals surface area contributed by atoms with Crippen LogP contribution in [0.25, 0.3) is 0 Å². The Morgan fingerprint density at radius 3 is 2.21 bits per heavy atom. The summed E-state index contributed by atoms with van der Waals surface area (Å²) in [5.41, 5.74) is -3.15. The highest BCUT2D eigenvalue weighted by Gasteiger charge is 2.67. The van der Waals surface area contributed by atoms with Gasteiger partial charge in [-0.3, -0.25) is 9.59 Å². The summed E-state index contributed by atoms with van der Waals surface area (Å²) in [5.74, 6) is -3.88. The molecule has 1 heterocycles. The molecule has 1 N–H and O–H groups in total. The molecule has 2 rings (SSSR count). The monoisotopic (exact) mass is 412 g/mol. The summed E-state index contributed by atoms with van der Waals surface area (Å²) < 4.78 is 85.0. The average molecular weight is 412 g/mol. The molecule has 1 aromatic carbocycles. The number of amides is 2. The minimum absolute atomic E-state index is 0.0641. The topological polar surface area (TPSA) is 58.6 Å². The van der Waals surface area contributed by atoms with Crippen LogP contribution in [-0.4, -0.2) is 48.3 Å². The van der Waals surface area contributed by atoms with E-state index in [4.69, 9.17) is 4.74 Å². The molecule has 1 aromatic rings. The second-order valence-corrected chi connectivity index (χ2v) is 6.30. The van der Waals surface area contributed by atoms with E-state index in [1.54, 1.807) is 0 Å². The molecule has 1 saturated heterocycles. The van der Waals surface area contributed by atoms with Crippen LogP contribution in [-0.2, 0) is 16.1 Å². The van der Waals surface area contributed by atoms with E-state index in [-0.39, 0.29) is 24.3 Å². The maximum Gasteiger partial charge on any atom is 0.471 e. The molecular weight excluding hydrogens is 394 g/mol. The van der Waals surface area contributed by atoms with Gasteiger partial charge in [-0.25, -0.2) is 0 Å². The lowest BCUT2D eigenvalue weighted by Crippen LogP contribution is -2.71. The van der Waals surface area contributed by atoms with Crippen molar-refractivity contribution in [3.63, 3.8) is 0 Å². The summed E-state index contributed by atoms with van der Waals surface area (Å²) in [4.78, 5) is 23.7. The minimum atomic E-state index is -5.52. The second-order valence-electron chi connectivity index (χ2n) is 6.30. The van der Waals surface area contributed by atoms with E-state index >= 15 is 0 Å². The summed E-state index contributed by atoms with van der Waals surface area (Å²) >= 11 is 0. The number of ether oxygens (including phenoxy) is 1. The van der Waals surface area contributed by atoms with Crippen molar-refractivity contribution < 1.29 is 40.7 Å². The summed E-state index contributed by atoms with van der Waals surface area (Å²) in [7, 11) is 1.42. The van der Waals surface area contributed by atoms with Crippen molar-refractivity contribution in [2.24, 2.45) is 0 Å². The average Bonchev–Trinajstić information content (AvgIpc) is 2.64. The van der Waals surface area contributed by atoms with Gasteiger partial charge in [0.1, 0.15) is 5.75 Å². The number of alkyl halides is 6. The Morgan fingerprint density at radius 1 is 1.11 bits per heavy atom. The van der Waals surface area contributed by atoms with Crippen LogP contribution in [0, 0.1) is 0 Å². The normalized spacial score (nSPS) is 20.6. The zero-order valence-electron chi connectivity index (χ0n) is 14.8. The number of carbonyl (C=O) groups excluding carboxylic acids is 2. The highest BCUT2D eigenvalue weighted by Crippen LogP contribution is 2.44. The molecule has 0 saturated carbocycles. The van der Waals surface area contributed by atoms with E-state index in [2.05, 4.69) is 0 Å². The van der Waals surface area contributed by atoms with Crippen molar-refractivity contribution in [2.75, 3.05) is 13.7 Å². The van der Waals surface area contributed by atoms with Crippen molar-refractivity contribution in [1.29, 1.82) is 0 Å². The Balaban J connectivity index is 2.31. The van der Waals surface area contributed by atoms with E-state index in [1.165, 1.54) is 31.4 Å². The first-order valence-electron chi connectivity index (χ1n) is 8.30. The van der Waals surface area contributed by atoms with Gasteiger partial charge < -0.3 is 15.0 Å². The zero-order chi connectivity index (χ0) is 21.2. The molecular formula is C17H18F6N2O3. The van der Waals surface area contributed by atoms with E-state index in [9.17, 15) is 35.9 Å². The van der Waals surface area contributed by atoms with Gasteiger partial charge >= 0.3 is 18.3 Å². The van der Waals surface area contributed by atoms with Crippen molar-refractivity contribution >= 4 is 11.8 Å². The quantitative estimate of drug-likeness (QED) is 0.773. The summed E-state index contributed by atoms with van der Waals surface area (Å²) in [6.45, 7) is -1.16. The Bertz CT molecular complexity index is 717. The summed E-state index contributed by atoms with van der Waals surface area (Å²) in [6, 6.07) is 6.00. The predicted molar refractivity (Wildman–Crippen MR) is 85.2 cm³/mol. The Morgan fingerprint density at radius 2 is 1.71 bits per heavy atom. The van der Waals surface area contributed by atoms with Gasteiger partial charge in [-0.05, 0) is 37.0 Å². The number of halogens is 6. The van der Waals surface area contributed by atoms with Crippen molar-refractivity contribution in [3.05, 3.63) is 29.8 Å². The standard InChI is InChI=1S/C17H18F6N2O3/c1-28-12-6-4-11(5-7-12)10-24-13(26)15(17(21,22)23)8-2-3-9-25(15)14(27)16(18,19)20/h4-7H,2-3,8-10H2,1H3,(H,24,26). The van der Waals surface area contributed by atoms with Crippen LogP contribution >= 0.6 is 0 Å². The molecule has 0 aromatic heterocycles. The molecule has 5 nitrogen and oxygen atoms in total. The summed E-state index contributed by atoms with van der Waals surface area (Å²) in [6.07, 6.45) is -12.0. The second kappa shape index (κ2) is 7.88. The van der Waals surface area contributed by atoms with Crippen LogP contribution in [0.2, 0.25) is 0 Å². The molecule has 1 atom stereocenters. The third-order valence-corrected chi connectivity index (χ3v) is 4.58. The lowest BCUT2D eigenvalue weighted by Gasteiger charge is -2.46. The molecule has 2 amide bonds. The fourth-order valence-corrected chi connectivity index (χ4v) is 3.14. The number of carbonyl (C=O) groups is 2. The Labute approximate surface area is 156 Å². The highest BCUT2D eigenvalue weighted by molar-refractivity contribution is 5.94. The maximum atomic E-state index is 13.8. The molecule has 28 heavy (non-hydrogen) atoms. The first-order chi connectivity index (χ1) is 12.9. The Kier molecular flexibility index (Phi) is 6.15. The molecule has 11 heteroatoms. The molecule has 0 bridgehead atoms. The van der Waals surface area contributed by atoms with Crippen molar-refractivity contribution in [1.82, 2.24) is 10.2 Å². The number of nitrogens with zero attached hydrogens (tertiary/aromatic N) is 1.